The fraction of sp³-hybridized carbons (Fsp3) is 0.552. The number of aromatic nitrogens is 3. The molecule has 1 amide bonds. The fourth-order valence-electron chi connectivity index (χ4n) is 6.34. The van der Waals surface area contributed by atoms with Crippen LogP contribution in [0.15, 0.2) is 24.3 Å². The molecule has 1 aliphatic carbocycles. The Balaban J connectivity index is 0.00000113. The van der Waals surface area contributed by atoms with E-state index < -0.39 is 9.84 Å². The van der Waals surface area contributed by atoms with Crippen molar-refractivity contribution in [2.45, 2.75) is 63.7 Å². The summed E-state index contributed by atoms with van der Waals surface area (Å²) in [7, 11) is 2.76. The average Bonchev–Trinajstić information content (AvgIpc) is 3.40. The number of morpholine rings is 1. The van der Waals surface area contributed by atoms with Crippen molar-refractivity contribution in [3.05, 3.63) is 57.9 Å². The molecular weight excluding hydrogens is 607 g/mol. The van der Waals surface area contributed by atoms with Gasteiger partial charge >= 0.3 is 0 Å². The number of amides is 1. The lowest BCUT2D eigenvalue weighted by Gasteiger charge is -2.35. The first kappa shape index (κ1) is 31.7. The van der Waals surface area contributed by atoms with E-state index in [4.69, 9.17) is 14.8 Å². The summed E-state index contributed by atoms with van der Waals surface area (Å²) in [6, 6.07) is 7.34. The minimum absolute atomic E-state index is 0.125. The molecule has 228 valence electrons. The highest BCUT2D eigenvalue weighted by molar-refractivity contribution is 8.33. The van der Waals surface area contributed by atoms with Gasteiger partial charge in [-0.3, -0.25) is 4.79 Å². The lowest BCUT2D eigenvalue weighted by Crippen LogP contribution is -2.39. The maximum Gasteiger partial charge on any atom is 0.254 e. The topological polar surface area (TPSA) is 97.1 Å². The molecule has 2 fully saturated rings. The number of aryl methyl sites for hydroxylation is 2. The third-order valence-corrected chi connectivity index (χ3v) is 9.03. The van der Waals surface area contributed by atoms with Crippen LogP contribution in [0.3, 0.4) is 0 Å². The van der Waals surface area contributed by atoms with Gasteiger partial charge in [0, 0.05) is 48.8 Å². The molecule has 9 nitrogen and oxygen atoms in total. The second-order valence-corrected chi connectivity index (χ2v) is 17.9. The number of sulfone groups is 1. The number of benzene rings is 1. The molecule has 3 aliphatic rings. The zero-order valence-corrected chi connectivity index (χ0v) is 28.6. The SMILES string of the molecule is Cc1ccc(CS(C)(=O)=O)c(C(=O)N2CCCC[C@H]2c2cc3nc4c(c(N5CCOCC5)n3n2)CCCC4)c1.PPP. The van der Waals surface area contributed by atoms with E-state index in [1.54, 1.807) is 6.07 Å². The predicted octanol–water partition coefficient (Wildman–Crippen LogP) is 4.91. The minimum Gasteiger partial charge on any atom is -0.378 e. The highest BCUT2D eigenvalue weighted by atomic mass is 32.4. The molecule has 2 aliphatic heterocycles. The molecule has 3 aromatic rings. The van der Waals surface area contributed by atoms with E-state index in [1.807, 2.05) is 28.5 Å². The zero-order chi connectivity index (χ0) is 29.9. The highest BCUT2D eigenvalue weighted by Gasteiger charge is 2.33. The van der Waals surface area contributed by atoms with Gasteiger partial charge in [0.05, 0.1) is 30.7 Å². The van der Waals surface area contributed by atoms with Crippen molar-refractivity contribution >= 4 is 53.0 Å². The van der Waals surface area contributed by atoms with Crippen LogP contribution in [0, 0.1) is 6.92 Å². The summed E-state index contributed by atoms with van der Waals surface area (Å²) >= 11 is 0. The van der Waals surface area contributed by atoms with E-state index in [0.29, 0.717) is 30.9 Å². The van der Waals surface area contributed by atoms with Gasteiger partial charge in [-0.05, 0) is 63.5 Å². The Kier molecular flexibility index (Phi) is 10.5. The molecule has 13 heteroatoms. The van der Waals surface area contributed by atoms with Crippen LogP contribution in [0.5, 0.6) is 0 Å². The second kappa shape index (κ2) is 13.9. The molecule has 2 aromatic heterocycles. The summed E-state index contributed by atoms with van der Waals surface area (Å²) in [5.41, 5.74) is 6.11. The maximum absolute atomic E-state index is 14.0. The molecule has 6 rings (SSSR count). The van der Waals surface area contributed by atoms with Gasteiger partial charge in [-0.2, -0.15) is 9.61 Å². The van der Waals surface area contributed by atoms with E-state index in [2.05, 4.69) is 28.8 Å². The van der Waals surface area contributed by atoms with Crippen LogP contribution in [0.4, 0.5) is 5.82 Å². The molecular formula is C29H42N5O4P3S. The van der Waals surface area contributed by atoms with E-state index in [0.717, 1.165) is 88.7 Å². The van der Waals surface area contributed by atoms with Gasteiger partial charge in [-0.1, -0.05) is 25.7 Å². The van der Waals surface area contributed by atoms with Crippen LogP contribution in [0.2, 0.25) is 0 Å². The second-order valence-electron chi connectivity index (χ2n) is 11.4. The van der Waals surface area contributed by atoms with Crippen LogP contribution in [-0.4, -0.2) is 72.9 Å². The number of fused-ring (bicyclic) bond motifs is 2. The van der Waals surface area contributed by atoms with Gasteiger partial charge in [0.1, 0.15) is 5.82 Å². The fourth-order valence-corrected chi connectivity index (χ4v) is 7.16. The number of ether oxygens (including phenoxy) is 1. The van der Waals surface area contributed by atoms with E-state index in [-0.39, 0.29) is 17.7 Å². The zero-order valence-electron chi connectivity index (χ0n) is 24.5. The van der Waals surface area contributed by atoms with Crippen LogP contribution < -0.4 is 4.90 Å². The van der Waals surface area contributed by atoms with E-state index >= 15 is 0 Å². The Morgan fingerprint density at radius 3 is 2.55 bits per heavy atom. The number of anilines is 1. The van der Waals surface area contributed by atoms with Gasteiger partial charge in [-0.15, -0.1) is 17.9 Å². The Labute approximate surface area is 255 Å². The average molecular weight is 650 g/mol. The summed E-state index contributed by atoms with van der Waals surface area (Å²) in [5.74, 6) is 0.853. The van der Waals surface area contributed by atoms with E-state index in [1.165, 1.54) is 17.5 Å². The minimum atomic E-state index is -3.29. The quantitative estimate of drug-likeness (QED) is 0.363. The van der Waals surface area contributed by atoms with Crippen LogP contribution in [-0.2, 0) is 33.2 Å². The number of carbonyl (C=O) groups is 1. The van der Waals surface area contributed by atoms with Crippen LogP contribution >= 0.6 is 25.8 Å². The van der Waals surface area contributed by atoms with Gasteiger partial charge < -0.3 is 14.5 Å². The smallest absolute Gasteiger partial charge is 0.254 e. The first-order valence-electron chi connectivity index (χ1n) is 14.7. The molecule has 2 saturated heterocycles. The van der Waals surface area contributed by atoms with E-state index in [9.17, 15) is 13.2 Å². The van der Waals surface area contributed by atoms with Crippen molar-refractivity contribution in [3.8, 4) is 0 Å². The summed E-state index contributed by atoms with van der Waals surface area (Å²) < 4.78 is 31.9. The number of rotatable bonds is 5. The molecule has 0 spiro atoms. The third kappa shape index (κ3) is 7.16. The van der Waals surface area contributed by atoms with Crippen molar-refractivity contribution in [1.29, 1.82) is 0 Å². The summed E-state index contributed by atoms with van der Waals surface area (Å²) in [4.78, 5) is 23.4. The van der Waals surface area contributed by atoms with Gasteiger partial charge in [0.2, 0.25) is 0 Å². The Morgan fingerprint density at radius 2 is 1.81 bits per heavy atom. The van der Waals surface area contributed by atoms with Gasteiger partial charge in [0.15, 0.2) is 15.5 Å². The lowest BCUT2D eigenvalue weighted by molar-refractivity contribution is 0.0604. The number of nitrogens with zero attached hydrogens (tertiary/aromatic N) is 5. The molecule has 0 bridgehead atoms. The van der Waals surface area contributed by atoms with Crippen LogP contribution in [0.25, 0.3) is 5.65 Å². The highest BCUT2D eigenvalue weighted by Crippen LogP contribution is 2.36. The molecule has 42 heavy (non-hydrogen) atoms. The van der Waals surface area contributed by atoms with Crippen LogP contribution in [0.1, 0.15) is 76.6 Å². The molecule has 1 aromatic carbocycles. The Bertz CT molecular complexity index is 1540. The number of likely N-dealkylation sites (tertiary alicyclic amines) is 1. The lowest BCUT2D eigenvalue weighted by atomic mass is 9.96. The number of carbonyl (C=O) groups excluding carboxylic acids is 1. The summed E-state index contributed by atoms with van der Waals surface area (Å²) in [5, 5.41) is 5.13. The first-order chi connectivity index (χ1) is 20.2. The number of piperidine rings is 1. The Morgan fingerprint density at radius 1 is 1.07 bits per heavy atom. The monoisotopic (exact) mass is 649 g/mol. The molecule has 0 radical (unpaired) electrons. The third-order valence-electron chi connectivity index (χ3n) is 8.20. The maximum atomic E-state index is 14.0. The van der Waals surface area contributed by atoms with Gasteiger partial charge in [-0.25, -0.2) is 13.4 Å². The van der Waals surface area contributed by atoms with Crippen molar-refractivity contribution < 1.29 is 17.9 Å². The normalized spacial score (nSPS) is 19.3. The molecule has 0 saturated carbocycles. The summed E-state index contributed by atoms with van der Waals surface area (Å²) in [6.07, 6.45) is 8.23. The molecule has 4 heterocycles. The van der Waals surface area contributed by atoms with Crippen molar-refractivity contribution in [2.24, 2.45) is 0 Å². The Hall–Kier alpha value is -1.69. The molecule has 2 unspecified atom stereocenters. The number of hydrogen-bond donors (Lipinski definition) is 0. The molecule has 0 N–H and O–H groups in total. The van der Waals surface area contributed by atoms with Crippen molar-refractivity contribution in [3.63, 3.8) is 0 Å². The number of hydrogen-bond acceptors (Lipinski definition) is 7. The van der Waals surface area contributed by atoms with Crippen molar-refractivity contribution in [1.82, 2.24) is 19.5 Å². The standard InChI is InChI=1S/C29H37N5O4S.H5P3/c1-20-10-11-21(19-39(2,36)37)23(17-20)29(35)33-12-6-5-9-26(33)25-18-27-30-24-8-4-3-7-22(24)28(34(27)31-25)32-13-15-38-16-14-32;1-3-2/h10-11,17-18,26H,3-9,12-16,19H2,1-2H3;3H,1-2H2/t26-;/m0./s1. The largest absolute Gasteiger partial charge is 0.378 e. The molecule has 3 atom stereocenters. The summed E-state index contributed by atoms with van der Waals surface area (Å²) in [6.45, 7) is 5.59. The van der Waals surface area contributed by atoms with Gasteiger partial charge in [0.25, 0.3) is 5.91 Å². The first-order valence-corrected chi connectivity index (χ1v) is 21.4. The predicted molar refractivity (Wildman–Crippen MR) is 178 cm³/mol. The van der Waals surface area contributed by atoms with Crippen molar-refractivity contribution in [2.75, 3.05) is 44.0 Å².